The van der Waals surface area contributed by atoms with Crippen LogP contribution in [0.15, 0.2) is 47.7 Å². The number of rotatable bonds is 4. The Morgan fingerprint density at radius 3 is 2.22 bits per heavy atom. The van der Waals surface area contributed by atoms with Gasteiger partial charge in [-0.3, -0.25) is 0 Å². The average Bonchev–Trinajstić information content (AvgIpc) is 2.45. The highest BCUT2D eigenvalue weighted by atomic mass is 35.6. The lowest BCUT2D eigenvalue weighted by atomic mass is 9.93. The summed E-state index contributed by atoms with van der Waals surface area (Å²) in [4.78, 5) is 0. The minimum absolute atomic E-state index is 0.399. The third-order valence-electron chi connectivity index (χ3n) is 3.69. The molecule has 2 radical (unpaired) electrons. The molecule has 0 bridgehead atoms. The Bertz CT molecular complexity index is 365. The van der Waals surface area contributed by atoms with Gasteiger partial charge >= 0.3 is 0 Å². The van der Waals surface area contributed by atoms with Crippen LogP contribution in [0.4, 0.5) is 0 Å². The zero-order chi connectivity index (χ0) is 12.6. The molecule has 0 fully saturated rings. The maximum Gasteiger partial charge on any atom is 0.210 e. The molecule has 2 rings (SSSR count). The quantitative estimate of drug-likeness (QED) is 0.293. The molecule has 0 saturated carbocycles. The highest BCUT2D eigenvalue weighted by Gasteiger charge is 2.09. The van der Waals surface area contributed by atoms with Gasteiger partial charge in [0.25, 0.3) is 0 Å². The van der Waals surface area contributed by atoms with Crippen molar-refractivity contribution in [3.63, 3.8) is 0 Å². The van der Waals surface area contributed by atoms with Crippen LogP contribution in [-0.4, -0.2) is 8.83 Å². The molecule has 2 aliphatic rings. The molecule has 0 saturated heterocycles. The first kappa shape index (κ1) is 13.9. The van der Waals surface area contributed by atoms with Gasteiger partial charge in [0, 0.05) is 0 Å². The van der Waals surface area contributed by atoms with E-state index in [4.69, 9.17) is 11.1 Å². The monoisotopic (exact) mass is 276 g/mol. The van der Waals surface area contributed by atoms with Gasteiger partial charge in [0.05, 0.1) is 0 Å². The van der Waals surface area contributed by atoms with Crippen LogP contribution in [0.5, 0.6) is 0 Å². The molecule has 0 spiro atoms. The third kappa shape index (κ3) is 4.62. The zero-order valence-corrected chi connectivity index (χ0v) is 12.6. The topological polar surface area (TPSA) is 0 Å². The molecule has 2 aliphatic carbocycles. The second-order valence-electron chi connectivity index (χ2n) is 5.16. The normalized spacial score (nSPS) is 29.1. The lowest BCUT2D eigenvalue weighted by molar-refractivity contribution is 0.580. The SMILES string of the molecule is Cl[Si]C(C=CC1CC=CCC1)=CC1CC=CCC1. The molecular formula is C16H21ClSi. The van der Waals surface area contributed by atoms with Crippen LogP contribution in [0.25, 0.3) is 0 Å². The first-order valence-electron chi connectivity index (χ1n) is 6.95. The Morgan fingerprint density at radius 1 is 1.00 bits per heavy atom. The molecule has 0 nitrogen and oxygen atoms in total. The summed E-state index contributed by atoms with van der Waals surface area (Å²) in [6.45, 7) is 0. The first-order valence-corrected chi connectivity index (χ1v) is 8.96. The second-order valence-corrected chi connectivity index (χ2v) is 6.50. The summed E-state index contributed by atoms with van der Waals surface area (Å²) in [5.41, 5.74) is 0. The van der Waals surface area contributed by atoms with Gasteiger partial charge in [0.1, 0.15) is 0 Å². The van der Waals surface area contributed by atoms with Gasteiger partial charge in [-0.2, -0.15) is 11.1 Å². The fraction of sp³-hybridized carbons (Fsp3) is 0.500. The van der Waals surface area contributed by atoms with Crippen molar-refractivity contribution >= 4 is 19.9 Å². The van der Waals surface area contributed by atoms with Gasteiger partial charge in [-0.25, -0.2) is 0 Å². The van der Waals surface area contributed by atoms with E-state index in [2.05, 4.69) is 42.5 Å². The van der Waals surface area contributed by atoms with E-state index in [-0.39, 0.29) is 0 Å². The average molecular weight is 277 g/mol. The van der Waals surface area contributed by atoms with Gasteiger partial charge < -0.3 is 0 Å². The smallest absolute Gasteiger partial charge is 0.165 e. The van der Waals surface area contributed by atoms with Crippen LogP contribution < -0.4 is 0 Å². The number of hydrogen-bond donors (Lipinski definition) is 0. The van der Waals surface area contributed by atoms with E-state index < -0.39 is 0 Å². The van der Waals surface area contributed by atoms with Gasteiger partial charge in [-0.15, -0.1) is 0 Å². The molecule has 0 aliphatic heterocycles. The van der Waals surface area contributed by atoms with Crippen molar-refractivity contribution in [2.75, 3.05) is 0 Å². The predicted octanol–water partition coefficient (Wildman–Crippen LogP) is 5.00. The highest BCUT2D eigenvalue weighted by molar-refractivity contribution is 6.98. The summed E-state index contributed by atoms with van der Waals surface area (Å²) in [5.74, 6) is 1.42. The first-order chi connectivity index (χ1) is 8.88. The van der Waals surface area contributed by atoms with Crippen LogP contribution >= 0.6 is 11.1 Å². The minimum atomic E-state index is 0.399. The lowest BCUT2D eigenvalue weighted by Gasteiger charge is -2.15. The van der Waals surface area contributed by atoms with Crippen LogP contribution in [0, 0.1) is 11.8 Å². The van der Waals surface area contributed by atoms with Gasteiger partial charge in [-0.1, -0.05) is 42.5 Å². The maximum absolute atomic E-state index is 6.08. The molecule has 0 N–H and O–H groups in total. The van der Waals surface area contributed by atoms with Crippen molar-refractivity contribution in [1.29, 1.82) is 0 Å². The summed E-state index contributed by atoms with van der Waals surface area (Å²) in [5, 5.41) is 1.33. The van der Waals surface area contributed by atoms with Crippen LogP contribution in [0.1, 0.15) is 38.5 Å². The standard InChI is InChI=1S/C16H21ClSi/c17-18-16(13-15-9-5-2-6-10-15)12-11-14-7-3-1-4-8-14/h1-3,5,11-15H,4,6-10H2. The second kappa shape index (κ2) is 7.80. The third-order valence-corrected chi connectivity index (χ3v) is 4.90. The summed E-state index contributed by atoms with van der Waals surface area (Å²) >= 11 is 6.08. The number of hydrogen-bond acceptors (Lipinski definition) is 0. The van der Waals surface area contributed by atoms with Gasteiger partial charge in [0.2, 0.25) is 8.83 Å². The summed E-state index contributed by atoms with van der Waals surface area (Å²) in [7, 11) is 0.399. The van der Waals surface area contributed by atoms with E-state index >= 15 is 0 Å². The minimum Gasteiger partial charge on any atom is -0.165 e. The molecule has 2 unspecified atom stereocenters. The van der Waals surface area contributed by atoms with Crippen molar-refractivity contribution in [3.05, 3.63) is 47.7 Å². The molecule has 0 heterocycles. The lowest BCUT2D eigenvalue weighted by Crippen LogP contribution is -2.02. The molecule has 18 heavy (non-hydrogen) atoms. The Hall–Kier alpha value is -0.533. The fourth-order valence-electron chi connectivity index (χ4n) is 2.57. The number of allylic oxidation sites excluding steroid dienone is 8. The molecule has 2 heteroatoms. The Labute approximate surface area is 118 Å². The van der Waals surface area contributed by atoms with Crippen molar-refractivity contribution in [3.8, 4) is 0 Å². The van der Waals surface area contributed by atoms with Crippen molar-refractivity contribution < 1.29 is 0 Å². The van der Waals surface area contributed by atoms with Crippen molar-refractivity contribution in [2.45, 2.75) is 38.5 Å². The van der Waals surface area contributed by atoms with E-state index in [1.165, 1.54) is 43.7 Å². The van der Waals surface area contributed by atoms with E-state index in [9.17, 15) is 0 Å². The van der Waals surface area contributed by atoms with E-state index in [0.717, 1.165) is 5.92 Å². The van der Waals surface area contributed by atoms with Crippen molar-refractivity contribution in [1.82, 2.24) is 0 Å². The predicted molar refractivity (Wildman–Crippen MR) is 81.8 cm³/mol. The van der Waals surface area contributed by atoms with Crippen LogP contribution in [-0.2, 0) is 0 Å². The largest absolute Gasteiger partial charge is 0.210 e. The van der Waals surface area contributed by atoms with Crippen LogP contribution in [0.2, 0.25) is 0 Å². The maximum atomic E-state index is 6.08. The molecule has 0 aromatic rings. The molecule has 2 atom stereocenters. The Morgan fingerprint density at radius 2 is 1.67 bits per heavy atom. The molecule has 96 valence electrons. The number of halogens is 1. The molecular weight excluding hydrogens is 256 g/mol. The van der Waals surface area contributed by atoms with E-state index in [1.807, 2.05) is 0 Å². The highest BCUT2D eigenvalue weighted by Crippen LogP contribution is 2.23. The van der Waals surface area contributed by atoms with E-state index in [1.54, 1.807) is 0 Å². The Kier molecular flexibility index (Phi) is 6.02. The van der Waals surface area contributed by atoms with E-state index in [0.29, 0.717) is 14.7 Å². The van der Waals surface area contributed by atoms with Crippen molar-refractivity contribution in [2.24, 2.45) is 11.8 Å². The molecule has 0 aromatic carbocycles. The van der Waals surface area contributed by atoms with Gasteiger partial charge in [0.15, 0.2) is 0 Å². The summed E-state index contributed by atoms with van der Waals surface area (Å²) in [6.07, 6.45) is 23.6. The van der Waals surface area contributed by atoms with Crippen LogP contribution in [0.3, 0.4) is 0 Å². The molecule has 0 amide bonds. The zero-order valence-electron chi connectivity index (χ0n) is 10.8. The molecule has 0 aromatic heterocycles. The summed E-state index contributed by atoms with van der Waals surface area (Å²) < 4.78 is 0. The van der Waals surface area contributed by atoms with Gasteiger partial charge in [-0.05, 0) is 55.6 Å². The Balaban J connectivity index is 1.91. The fourth-order valence-corrected chi connectivity index (χ4v) is 3.41. The summed E-state index contributed by atoms with van der Waals surface area (Å²) in [6, 6.07) is 0.